The van der Waals surface area contributed by atoms with Crippen molar-refractivity contribution in [2.24, 2.45) is 0 Å². The third-order valence-corrected chi connectivity index (χ3v) is 3.63. The van der Waals surface area contributed by atoms with E-state index >= 15 is 0 Å². The molecule has 0 saturated carbocycles. The van der Waals surface area contributed by atoms with E-state index in [9.17, 15) is 14.4 Å². The maximum absolute atomic E-state index is 12.2. The van der Waals surface area contributed by atoms with Crippen LogP contribution in [-0.2, 0) is 9.59 Å². The molecule has 2 fully saturated rings. The Labute approximate surface area is 118 Å². The van der Waals surface area contributed by atoms with Gasteiger partial charge >= 0.3 is 6.03 Å². The van der Waals surface area contributed by atoms with Gasteiger partial charge in [-0.1, -0.05) is 12.2 Å². The Hall–Kier alpha value is -2.11. The van der Waals surface area contributed by atoms with Crippen molar-refractivity contribution in [3.8, 4) is 0 Å². The summed E-state index contributed by atoms with van der Waals surface area (Å²) in [6, 6.07) is -0.703. The number of hydrogen-bond donors (Lipinski definition) is 0. The van der Waals surface area contributed by atoms with Crippen molar-refractivity contribution in [1.29, 1.82) is 0 Å². The molecule has 2 aliphatic rings. The zero-order valence-electron chi connectivity index (χ0n) is 11.5. The normalized spacial score (nSPS) is 21.1. The SMILES string of the molecule is C=CCN(CC=C)C(=O)CN1C(=O)C2CCCN2C1=O. The highest BCUT2D eigenvalue weighted by Gasteiger charge is 2.47. The molecule has 0 bridgehead atoms. The zero-order valence-corrected chi connectivity index (χ0v) is 11.5. The highest BCUT2D eigenvalue weighted by atomic mass is 16.2. The average molecular weight is 277 g/mol. The van der Waals surface area contributed by atoms with Crippen LogP contribution in [0.15, 0.2) is 25.3 Å². The van der Waals surface area contributed by atoms with E-state index in [-0.39, 0.29) is 30.4 Å². The number of rotatable bonds is 6. The van der Waals surface area contributed by atoms with Gasteiger partial charge in [-0.05, 0) is 12.8 Å². The second-order valence-corrected chi connectivity index (χ2v) is 4.93. The van der Waals surface area contributed by atoms with Crippen LogP contribution >= 0.6 is 0 Å². The first kappa shape index (κ1) is 14.3. The van der Waals surface area contributed by atoms with Crippen LogP contribution in [0.3, 0.4) is 0 Å². The van der Waals surface area contributed by atoms with Gasteiger partial charge in [-0.25, -0.2) is 4.79 Å². The van der Waals surface area contributed by atoms with Crippen molar-refractivity contribution < 1.29 is 14.4 Å². The number of fused-ring (bicyclic) bond motifs is 1. The Morgan fingerprint density at radius 1 is 1.30 bits per heavy atom. The Balaban J connectivity index is 2.03. The maximum atomic E-state index is 12.2. The van der Waals surface area contributed by atoms with Gasteiger partial charge in [0.2, 0.25) is 5.91 Å². The fourth-order valence-electron chi connectivity index (χ4n) is 2.65. The molecule has 0 aromatic carbocycles. The number of nitrogens with zero attached hydrogens (tertiary/aromatic N) is 3. The third kappa shape index (κ3) is 2.45. The minimum atomic E-state index is -0.359. The van der Waals surface area contributed by atoms with Gasteiger partial charge in [0.05, 0.1) is 0 Å². The Morgan fingerprint density at radius 3 is 2.50 bits per heavy atom. The summed E-state index contributed by atoms with van der Waals surface area (Å²) in [4.78, 5) is 40.5. The molecule has 2 saturated heterocycles. The van der Waals surface area contributed by atoms with Gasteiger partial charge in [0.25, 0.3) is 5.91 Å². The molecule has 2 heterocycles. The Morgan fingerprint density at radius 2 is 1.95 bits per heavy atom. The van der Waals surface area contributed by atoms with Crippen LogP contribution in [-0.4, -0.2) is 64.8 Å². The molecule has 6 heteroatoms. The lowest BCUT2D eigenvalue weighted by atomic mass is 10.2. The van der Waals surface area contributed by atoms with E-state index in [1.807, 2.05) is 0 Å². The fraction of sp³-hybridized carbons (Fsp3) is 0.500. The average Bonchev–Trinajstić information content (AvgIpc) is 2.98. The lowest BCUT2D eigenvalue weighted by Crippen LogP contribution is -2.44. The summed E-state index contributed by atoms with van der Waals surface area (Å²) in [6.07, 6.45) is 4.75. The molecule has 108 valence electrons. The summed E-state index contributed by atoms with van der Waals surface area (Å²) in [5.74, 6) is -0.523. The lowest BCUT2D eigenvalue weighted by molar-refractivity contribution is -0.136. The quantitative estimate of drug-likeness (QED) is 0.528. The molecular weight excluding hydrogens is 258 g/mol. The minimum Gasteiger partial charge on any atom is -0.334 e. The predicted octanol–water partition coefficient (Wildman–Crippen LogP) is 0.614. The molecule has 2 rings (SSSR count). The summed E-state index contributed by atoms with van der Waals surface area (Å²) in [7, 11) is 0. The number of amides is 4. The molecular formula is C14H19N3O3. The van der Waals surface area contributed by atoms with E-state index in [1.54, 1.807) is 17.1 Å². The van der Waals surface area contributed by atoms with Crippen molar-refractivity contribution in [3.05, 3.63) is 25.3 Å². The molecule has 1 unspecified atom stereocenters. The molecule has 0 aromatic heterocycles. The number of urea groups is 1. The van der Waals surface area contributed by atoms with E-state index in [1.165, 1.54) is 4.90 Å². The lowest BCUT2D eigenvalue weighted by Gasteiger charge is -2.22. The number of imide groups is 1. The van der Waals surface area contributed by atoms with E-state index in [0.29, 0.717) is 26.1 Å². The molecule has 0 aromatic rings. The highest BCUT2D eigenvalue weighted by Crippen LogP contribution is 2.27. The first-order valence-corrected chi connectivity index (χ1v) is 6.71. The Kier molecular flexibility index (Phi) is 4.22. The summed E-state index contributed by atoms with van der Waals surface area (Å²) in [5, 5.41) is 0. The van der Waals surface area contributed by atoms with E-state index in [2.05, 4.69) is 13.2 Å². The van der Waals surface area contributed by atoms with E-state index in [4.69, 9.17) is 0 Å². The van der Waals surface area contributed by atoms with E-state index in [0.717, 1.165) is 11.3 Å². The van der Waals surface area contributed by atoms with Crippen molar-refractivity contribution in [1.82, 2.24) is 14.7 Å². The monoisotopic (exact) mass is 277 g/mol. The Bertz CT molecular complexity index is 429. The van der Waals surface area contributed by atoms with Crippen LogP contribution in [0.25, 0.3) is 0 Å². The largest absolute Gasteiger partial charge is 0.334 e. The van der Waals surface area contributed by atoms with Crippen molar-refractivity contribution in [2.45, 2.75) is 18.9 Å². The van der Waals surface area contributed by atoms with Crippen LogP contribution < -0.4 is 0 Å². The summed E-state index contributed by atoms with van der Waals surface area (Å²) >= 11 is 0. The third-order valence-electron chi connectivity index (χ3n) is 3.63. The van der Waals surface area contributed by atoms with Crippen molar-refractivity contribution >= 4 is 17.8 Å². The van der Waals surface area contributed by atoms with E-state index < -0.39 is 0 Å². The molecule has 0 radical (unpaired) electrons. The second kappa shape index (κ2) is 5.90. The highest BCUT2D eigenvalue weighted by molar-refractivity contribution is 6.06. The number of hydrogen-bond acceptors (Lipinski definition) is 3. The topological polar surface area (TPSA) is 60.9 Å². The van der Waals surface area contributed by atoms with Gasteiger partial charge in [0.1, 0.15) is 12.6 Å². The molecule has 0 N–H and O–H groups in total. The predicted molar refractivity (Wildman–Crippen MR) is 73.8 cm³/mol. The van der Waals surface area contributed by atoms with Gasteiger partial charge < -0.3 is 9.80 Å². The molecule has 4 amide bonds. The van der Waals surface area contributed by atoms with Gasteiger partial charge in [-0.3, -0.25) is 14.5 Å². The van der Waals surface area contributed by atoms with Gasteiger partial charge in [0, 0.05) is 19.6 Å². The van der Waals surface area contributed by atoms with Crippen LogP contribution in [0.1, 0.15) is 12.8 Å². The molecule has 1 atom stereocenters. The van der Waals surface area contributed by atoms with Gasteiger partial charge in [-0.2, -0.15) is 0 Å². The zero-order chi connectivity index (χ0) is 14.7. The van der Waals surface area contributed by atoms with Gasteiger partial charge in [0.15, 0.2) is 0 Å². The molecule has 2 aliphatic heterocycles. The van der Waals surface area contributed by atoms with Crippen molar-refractivity contribution in [3.63, 3.8) is 0 Å². The summed E-state index contributed by atoms with van der Waals surface area (Å²) in [6.45, 7) is 8.32. The number of carbonyl (C=O) groups excluding carboxylic acids is 3. The van der Waals surface area contributed by atoms with Crippen LogP contribution in [0, 0.1) is 0 Å². The standard InChI is InChI=1S/C14H19N3O3/c1-3-7-15(8-4-2)12(18)10-17-13(19)11-6-5-9-16(11)14(17)20/h3-4,11H,1-2,5-10H2. The molecule has 20 heavy (non-hydrogen) atoms. The van der Waals surface area contributed by atoms with Crippen LogP contribution in [0.5, 0.6) is 0 Å². The van der Waals surface area contributed by atoms with Gasteiger partial charge in [-0.15, -0.1) is 13.2 Å². The molecule has 0 spiro atoms. The van der Waals surface area contributed by atoms with Crippen LogP contribution in [0.4, 0.5) is 4.79 Å². The second-order valence-electron chi connectivity index (χ2n) is 4.93. The summed E-state index contributed by atoms with van der Waals surface area (Å²) in [5.41, 5.74) is 0. The smallest absolute Gasteiger partial charge is 0.327 e. The number of carbonyl (C=O) groups is 3. The van der Waals surface area contributed by atoms with Crippen molar-refractivity contribution in [2.75, 3.05) is 26.2 Å². The fourth-order valence-corrected chi connectivity index (χ4v) is 2.65. The summed E-state index contributed by atoms with van der Waals surface area (Å²) < 4.78 is 0. The molecule has 6 nitrogen and oxygen atoms in total. The first-order chi connectivity index (χ1) is 9.60. The maximum Gasteiger partial charge on any atom is 0.327 e. The first-order valence-electron chi connectivity index (χ1n) is 6.71. The minimum absolute atomic E-state index is 0.202. The van der Waals surface area contributed by atoms with Crippen LogP contribution in [0.2, 0.25) is 0 Å². The molecule has 0 aliphatic carbocycles.